The van der Waals surface area contributed by atoms with Crippen LogP contribution in [0.1, 0.15) is 11.1 Å². The van der Waals surface area contributed by atoms with Crippen molar-refractivity contribution in [3.05, 3.63) is 71.8 Å². The van der Waals surface area contributed by atoms with Crippen LogP contribution in [0.4, 0.5) is 0 Å². The summed E-state index contributed by atoms with van der Waals surface area (Å²) in [6.07, 6.45) is -3.48. The number of rotatable bonds is 7. The zero-order valence-corrected chi connectivity index (χ0v) is 13.3. The van der Waals surface area contributed by atoms with Crippen molar-refractivity contribution in [3.63, 3.8) is 0 Å². The predicted molar refractivity (Wildman–Crippen MR) is 88.0 cm³/mol. The van der Waals surface area contributed by atoms with E-state index in [1.54, 1.807) is 0 Å². The summed E-state index contributed by atoms with van der Waals surface area (Å²) in [7, 11) is 0. The van der Waals surface area contributed by atoms with Gasteiger partial charge in [-0.15, -0.1) is 0 Å². The van der Waals surface area contributed by atoms with Crippen molar-refractivity contribution in [1.82, 2.24) is 0 Å². The van der Waals surface area contributed by atoms with E-state index < -0.39 is 24.6 Å². The molecule has 0 spiro atoms. The zero-order chi connectivity index (χ0) is 16.8. The Morgan fingerprint density at radius 3 is 2.04 bits per heavy atom. The number of ether oxygens (including phenoxy) is 3. The van der Waals surface area contributed by atoms with E-state index in [-0.39, 0.29) is 6.61 Å². The van der Waals surface area contributed by atoms with E-state index >= 15 is 0 Å². The Morgan fingerprint density at radius 1 is 0.833 bits per heavy atom. The van der Waals surface area contributed by atoms with Gasteiger partial charge in [-0.3, -0.25) is 0 Å². The molecule has 2 aromatic carbocycles. The average molecular weight is 330 g/mol. The SMILES string of the molecule is O[C@H]1[C@H](OCc2ccccc2)[C@H](O)O[C@@H]1COCc1ccccc1. The highest BCUT2D eigenvalue weighted by Gasteiger charge is 2.43. The number of benzene rings is 2. The minimum atomic E-state index is -1.16. The summed E-state index contributed by atoms with van der Waals surface area (Å²) in [4.78, 5) is 0. The summed E-state index contributed by atoms with van der Waals surface area (Å²) in [5.74, 6) is 0. The van der Waals surface area contributed by atoms with E-state index in [1.165, 1.54) is 0 Å². The maximum atomic E-state index is 10.3. The van der Waals surface area contributed by atoms with Crippen LogP contribution in [-0.4, -0.2) is 41.4 Å². The number of aliphatic hydroxyl groups excluding tert-OH is 2. The van der Waals surface area contributed by atoms with Crippen LogP contribution in [0, 0.1) is 0 Å². The molecule has 4 atom stereocenters. The van der Waals surface area contributed by atoms with Gasteiger partial charge < -0.3 is 24.4 Å². The summed E-state index contributed by atoms with van der Waals surface area (Å²) in [6, 6.07) is 19.4. The highest BCUT2D eigenvalue weighted by Crippen LogP contribution is 2.24. The van der Waals surface area contributed by atoms with Crippen molar-refractivity contribution in [1.29, 1.82) is 0 Å². The van der Waals surface area contributed by atoms with Crippen LogP contribution >= 0.6 is 0 Å². The fourth-order valence-corrected chi connectivity index (χ4v) is 2.67. The summed E-state index contributed by atoms with van der Waals surface area (Å²) < 4.78 is 16.6. The van der Waals surface area contributed by atoms with E-state index in [0.717, 1.165) is 11.1 Å². The number of hydrogen-bond donors (Lipinski definition) is 2. The third kappa shape index (κ3) is 4.41. The lowest BCUT2D eigenvalue weighted by Gasteiger charge is -2.18. The van der Waals surface area contributed by atoms with Crippen LogP contribution in [0.2, 0.25) is 0 Å². The zero-order valence-electron chi connectivity index (χ0n) is 13.3. The van der Waals surface area contributed by atoms with E-state index in [1.807, 2.05) is 60.7 Å². The molecule has 2 aromatic rings. The van der Waals surface area contributed by atoms with Crippen molar-refractivity contribution in [2.75, 3.05) is 6.61 Å². The molecular formula is C19H22O5. The summed E-state index contributed by atoms with van der Waals surface area (Å²) in [5.41, 5.74) is 2.02. The molecule has 0 aliphatic carbocycles. The lowest BCUT2D eigenvalue weighted by molar-refractivity contribution is -0.152. The maximum Gasteiger partial charge on any atom is 0.184 e. The molecule has 24 heavy (non-hydrogen) atoms. The Labute approximate surface area is 141 Å². The lowest BCUT2D eigenvalue weighted by atomic mass is 10.1. The Kier molecular flexibility index (Phi) is 5.96. The molecule has 0 bridgehead atoms. The third-order valence-electron chi connectivity index (χ3n) is 3.99. The first-order chi connectivity index (χ1) is 11.7. The van der Waals surface area contributed by atoms with Gasteiger partial charge >= 0.3 is 0 Å². The molecule has 0 saturated carbocycles. The van der Waals surface area contributed by atoms with Crippen molar-refractivity contribution >= 4 is 0 Å². The second kappa shape index (κ2) is 8.37. The molecular weight excluding hydrogens is 308 g/mol. The summed E-state index contributed by atoms with van der Waals surface area (Å²) in [5, 5.41) is 20.3. The van der Waals surface area contributed by atoms with Crippen molar-refractivity contribution in [2.24, 2.45) is 0 Å². The molecule has 5 nitrogen and oxygen atoms in total. The Morgan fingerprint density at radius 2 is 1.42 bits per heavy atom. The van der Waals surface area contributed by atoms with Gasteiger partial charge in [0.1, 0.15) is 18.3 Å². The normalized spacial score (nSPS) is 26.6. The van der Waals surface area contributed by atoms with Crippen molar-refractivity contribution in [2.45, 2.75) is 37.8 Å². The van der Waals surface area contributed by atoms with Gasteiger partial charge in [-0.05, 0) is 11.1 Å². The van der Waals surface area contributed by atoms with Crippen molar-refractivity contribution < 1.29 is 24.4 Å². The van der Waals surface area contributed by atoms with Crippen LogP contribution < -0.4 is 0 Å². The van der Waals surface area contributed by atoms with Gasteiger partial charge in [0.15, 0.2) is 6.29 Å². The molecule has 0 radical (unpaired) electrons. The summed E-state index contributed by atoms with van der Waals surface area (Å²) >= 11 is 0. The van der Waals surface area contributed by atoms with Gasteiger partial charge in [-0.2, -0.15) is 0 Å². The van der Waals surface area contributed by atoms with E-state index in [4.69, 9.17) is 14.2 Å². The molecule has 1 aliphatic heterocycles. The first kappa shape index (κ1) is 17.1. The minimum Gasteiger partial charge on any atom is -0.387 e. The van der Waals surface area contributed by atoms with Crippen molar-refractivity contribution in [3.8, 4) is 0 Å². The first-order valence-corrected chi connectivity index (χ1v) is 8.03. The predicted octanol–water partition coefficient (Wildman–Crippen LogP) is 1.87. The average Bonchev–Trinajstić information content (AvgIpc) is 2.89. The molecule has 0 amide bonds. The standard InChI is InChI=1S/C19H22O5/c20-17-16(13-22-11-14-7-3-1-4-8-14)24-19(21)18(17)23-12-15-9-5-2-6-10-15/h1-10,16-21H,11-13H2/t16-,17-,18+,19-/m1/s1. The molecule has 0 unspecified atom stereocenters. The molecule has 0 aromatic heterocycles. The maximum absolute atomic E-state index is 10.3. The topological polar surface area (TPSA) is 68.2 Å². The fraction of sp³-hybridized carbons (Fsp3) is 0.368. The quantitative estimate of drug-likeness (QED) is 0.811. The second-order valence-electron chi connectivity index (χ2n) is 5.82. The second-order valence-corrected chi connectivity index (χ2v) is 5.82. The van der Waals surface area contributed by atoms with Crippen LogP contribution in [0.3, 0.4) is 0 Å². The van der Waals surface area contributed by atoms with Gasteiger partial charge in [0.2, 0.25) is 0 Å². The number of aliphatic hydroxyl groups is 2. The minimum absolute atomic E-state index is 0.193. The van der Waals surface area contributed by atoms with Gasteiger partial charge in [-0.25, -0.2) is 0 Å². The largest absolute Gasteiger partial charge is 0.387 e. The van der Waals surface area contributed by atoms with Gasteiger partial charge in [0.05, 0.1) is 19.8 Å². The molecule has 5 heteroatoms. The molecule has 1 fully saturated rings. The third-order valence-corrected chi connectivity index (χ3v) is 3.99. The lowest BCUT2D eigenvalue weighted by Crippen LogP contribution is -2.36. The van der Waals surface area contributed by atoms with Gasteiger partial charge in [-0.1, -0.05) is 60.7 Å². The number of hydrogen-bond acceptors (Lipinski definition) is 5. The van der Waals surface area contributed by atoms with Crippen LogP contribution in [0.15, 0.2) is 60.7 Å². The molecule has 128 valence electrons. The first-order valence-electron chi connectivity index (χ1n) is 8.03. The van der Waals surface area contributed by atoms with Gasteiger partial charge in [0.25, 0.3) is 0 Å². The Balaban J connectivity index is 1.46. The molecule has 1 heterocycles. The monoisotopic (exact) mass is 330 g/mol. The van der Waals surface area contributed by atoms with E-state index in [9.17, 15) is 10.2 Å². The fourth-order valence-electron chi connectivity index (χ4n) is 2.67. The molecule has 2 N–H and O–H groups in total. The Bertz CT molecular complexity index is 604. The molecule has 3 rings (SSSR count). The highest BCUT2D eigenvalue weighted by atomic mass is 16.7. The Hall–Kier alpha value is -1.76. The summed E-state index contributed by atoms with van der Waals surface area (Å²) in [6.45, 7) is 0.929. The highest BCUT2D eigenvalue weighted by molar-refractivity contribution is 5.14. The smallest absolute Gasteiger partial charge is 0.184 e. The van der Waals surface area contributed by atoms with Crippen LogP contribution in [-0.2, 0) is 27.4 Å². The van der Waals surface area contributed by atoms with Crippen LogP contribution in [0.5, 0.6) is 0 Å². The van der Waals surface area contributed by atoms with E-state index in [0.29, 0.717) is 13.2 Å². The molecule has 1 aliphatic rings. The van der Waals surface area contributed by atoms with Crippen LogP contribution in [0.25, 0.3) is 0 Å². The van der Waals surface area contributed by atoms with Gasteiger partial charge in [0, 0.05) is 0 Å². The molecule has 1 saturated heterocycles. The van der Waals surface area contributed by atoms with E-state index in [2.05, 4.69) is 0 Å².